The molecule has 2 aliphatic heterocycles. The summed E-state index contributed by atoms with van der Waals surface area (Å²) in [6.45, 7) is 0. The average Bonchev–Trinajstić information content (AvgIpc) is 3.12. The van der Waals surface area contributed by atoms with E-state index in [9.17, 15) is 9.90 Å². The maximum absolute atomic E-state index is 11.8. The number of alkyl halides is 1. The lowest BCUT2D eigenvalue weighted by molar-refractivity contribution is -0.130. The lowest BCUT2D eigenvalue weighted by Gasteiger charge is -2.20. The molecule has 0 saturated heterocycles. The van der Waals surface area contributed by atoms with Gasteiger partial charge in [-0.15, -0.1) is 0 Å². The van der Waals surface area contributed by atoms with Crippen molar-refractivity contribution < 1.29 is 9.90 Å². The highest BCUT2D eigenvalue weighted by atomic mass is 35.5. The number of hydrogen-bond acceptors (Lipinski definition) is 4. The van der Waals surface area contributed by atoms with Crippen molar-refractivity contribution in [1.82, 2.24) is 0 Å². The second kappa shape index (κ2) is 5.46. The molecule has 2 aromatic rings. The topological polar surface area (TPSA) is 65.3 Å². The number of rotatable bonds is 3. The van der Waals surface area contributed by atoms with Gasteiger partial charge in [0.05, 0.1) is 22.8 Å². The van der Waals surface area contributed by atoms with Gasteiger partial charge in [0.25, 0.3) is 0 Å². The van der Waals surface area contributed by atoms with E-state index in [2.05, 4.69) is 10.2 Å². The van der Waals surface area contributed by atoms with Crippen LogP contribution < -0.4 is 15.5 Å². The lowest BCUT2D eigenvalue weighted by Crippen LogP contribution is -2.27. The zero-order chi connectivity index (χ0) is 16.8. The van der Waals surface area contributed by atoms with Gasteiger partial charge in [-0.3, -0.25) is 0 Å². The van der Waals surface area contributed by atoms with Crippen molar-refractivity contribution >= 4 is 35.0 Å². The molecule has 120 valence electrons. The molecule has 0 aliphatic carbocycles. The molecule has 1 N–H and O–H groups in total. The van der Waals surface area contributed by atoms with Crippen LogP contribution in [-0.4, -0.2) is 29.8 Å². The van der Waals surface area contributed by atoms with Crippen molar-refractivity contribution in [3.63, 3.8) is 0 Å². The Morgan fingerprint density at radius 1 is 1.33 bits per heavy atom. The van der Waals surface area contributed by atoms with Crippen molar-refractivity contribution in [3.05, 3.63) is 63.7 Å². The zero-order valence-electron chi connectivity index (χ0n) is 12.9. The van der Waals surface area contributed by atoms with Crippen LogP contribution in [0.4, 0.5) is 5.69 Å². The number of halogens is 1. The summed E-state index contributed by atoms with van der Waals surface area (Å²) in [6.07, 6.45) is 2.27. The van der Waals surface area contributed by atoms with Crippen molar-refractivity contribution in [2.24, 2.45) is 10.2 Å². The lowest BCUT2D eigenvalue weighted by atomic mass is 9.97. The van der Waals surface area contributed by atoms with Crippen molar-refractivity contribution in [1.29, 1.82) is 0 Å². The maximum atomic E-state index is 11.8. The molecule has 0 saturated carbocycles. The fourth-order valence-electron chi connectivity index (χ4n) is 3.34. The van der Waals surface area contributed by atoms with Crippen LogP contribution in [0.5, 0.6) is 0 Å². The minimum absolute atomic E-state index is 0.211. The van der Waals surface area contributed by atoms with E-state index in [1.165, 1.54) is 0 Å². The molecule has 2 heterocycles. The van der Waals surface area contributed by atoms with E-state index >= 15 is 0 Å². The van der Waals surface area contributed by atoms with Gasteiger partial charge >= 0.3 is 5.97 Å². The molecule has 0 spiro atoms. The van der Waals surface area contributed by atoms with Crippen LogP contribution >= 0.6 is 11.6 Å². The van der Waals surface area contributed by atoms with E-state index < -0.39 is 11.5 Å². The van der Waals surface area contributed by atoms with Gasteiger partial charge in [0, 0.05) is 17.8 Å². The number of anilines is 1. The Morgan fingerprint density at radius 2 is 2.08 bits per heavy atom. The highest BCUT2D eigenvalue weighted by Gasteiger charge is 2.35. The summed E-state index contributed by atoms with van der Waals surface area (Å²) in [4.78, 5) is 13.6. The molecule has 0 amide bonds. The van der Waals surface area contributed by atoms with Gasteiger partial charge < -0.3 is 10.0 Å². The van der Waals surface area contributed by atoms with Crippen LogP contribution in [0.15, 0.2) is 46.6 Å². The quantitative estimate of drug-likeness (QED) is 0.680. The molecule has 5 nitrogen and oxygen atoms in total. The monoisotopic (exact) mass is 339 g/mol. The summed E-state index contributed by atoms with van der Waals surface area (Å²) in [5, 5.41) is 19.3. The molecule has 0 aromatic heterocycles. The fraction of sp³-hybridized carbons (Fsp3) is 0.167. The third-order valence-electron chi connectivity index (χ3n) is 4.42. The summed E-state index contributed by atoms with van der Waals surface area (Å²) >= 11 is 6.40. The Kier molecular flexibility index (Phi) is 3.39. The van der Waals surface area contributed by atoms with Gasteiger partial charge in [-0.2, -0.15) is 10.2 Å². The van der Waals surface area contributed by atoms with Gasteiger partial charge in [0.2, 0.25) is 0 Å². The van der Waals surface area contributed by atoms with Gasteiger partial charge in [-0.25, -0.2) is 4.79 Å². The molecule has 0 radical (unpaired) electrons. The van der Waals surface area contributed by atoms with E-state index in [1.807, 2.05) is 36.4 Å². The Bertz CT molecular complexity index is 999. The first-order valence-electron chi connectivity index (χ1n) is 7.53. The Hall–Kier alpha value is -2.66. The van der Waals surface area contributed by atoms with Crippen LogP contribution in [0.2, 0.25) is 0 Å². The number of carboxylic acids is 1. The molecule has 6 heteroatoms. The van der Waals surface area contributed by atoms with Crippen LogP contribution in [0.1, 0.15) is 16.7 Å². The van der Waals surface area contributed by atoms with Gasteiger partial charge in [-0.1, -0.05) is 41.9 Å². The standard InChI is InChI=1S/C18H14ClN3O2/c1-22-16-12-9-20-21-13(12)8-11(7-10-5-3-2-4-6-10)14(16)15(17(22)19)18(23)24/h2-6,8-9,17H,7H2,1H3,(H,23,24). The van der Waals surface area contributed by atoms with Crippen LogP contribution in [0.25, 0.3) is 5.57 Å². The summed E-state index contributed by atoms with van der Waals surface area (Å²) < 4.78 is 0. The Balaban J connectivity index is 2.04. The predicted octanol–water partition coefficient (Wildman–Crippen LogP) is 1.49. The fourth-order valence-corrected chi connectivity index (χ4v) is 3.64. The third-order valence-corrected chi connectivity index (χ3v) is 4.93. The van der Waals surface area contributed by atoms with Crippen LogP contribution in [0, 0.1) is 0 Å². The van der Waals surface area contributed by atoms with E-state index in [0.29, 0.717) is 11.6 Å². The number of carboxylic acid groups (broad SMARTS) is 1. The highest BCUT2D eigenvalue weighted by Crippen LogP contribution is 2.29. The average molecular weight is 340 g/mol. The zero-order valence-corrected chi connectivity index (χ0v) is 13.7. The molecule has 4 rings (SSSR count). The second-order valence-electron chi connectivity index (χ2n) is 5.86. The first-order chi connectivity index (χ1) is 11.6. The predicted molar refractivity (Wildman–Crippen MR) is 93.2 cm³/mol. The van der Waals surface area contributed by atoms with Gasteiger partial charge in [0.15, 0.2) is 0 Å². The summed E-state index contributed by atoms with van der Waals surface area (Å²) in [5.74, 6) is -0.998. The normalized spacial score (nSPS) is 17.7. The minimum Gasteiger partial charge on any atom is -0.478 e. The number of carbonyl (C=O) groups is 1. The number of hydrogen-bond donors (Lipinski definition) is 1. The molecule has 2 aromatic carbocycles. The summed E-state index contributed by atoms with van der Waals surface area (Å²) in [6, 6.07) is 11.8. The molecule has 24 heavy (non-hydrogen) atoms. The first kappa shape index (κ1) is 14.9. The number of benzene rings is 2. The van der Waals surface area contributed by atoms with Crippen molar-refractivity contribution in [3.8, 4) is 0 Å². The number of aliphatic carboxylic acids is 1. The largest absolute Gasteiger partial charge is 0.478 e. The SMILES string of the molecule is CN1c2c3c(cc(Cc4ccccc4)c2=C(C(=O)O)C1Cl)=NN=C3. The smallest absolute Gasteiger partial charge is 0.335 e. The molecule has 0 fully saturated rings. The molecule has 1 unspecified atom stereocenters. The summed E-state index contributed by atoms with van der Waals surface area (Å²) in [5.41, 5.74) is 3.11. The Morgan fingerprint density at radius 3 is 2.79 bits per heavy atom. The second-order valence-corrected chi connectivity index (χ2v) is 6.28. The van der Waals surface area contributed by atoms with Gasteiger partial charge in [-0.05, 0) is 23.6 Å². The van der Waals surface area contributed by atoms with E-state index in [1.54, 1.807) is 18.2 Å². The molecule has 0 bridgehead atoms. The molecule has 2 aliphatic rings. The highest BCUT2D eigenvalue weighted by molar-refractivity contribution is 6.35. The third kappa shape index (κ3) is 2.12. The first-order valence-corrected chi connectivity index (χ1v) is 7.97. The Labute approximate surface area is 143 Å². The van der Waals surface area contributed by atoms with E-state index in [0.717, 1.165) is 27.7 Å². The van der Waals surface area contributed by atoms with Crippen molar-refractivity contribution in [2.75, 3.05) is 11.9 Å². The molecule has 1 atom stereocenters. The maximum Gasteiger partial charge on any atom is 0.335 e. The van der Waals surface area contributed by atoms with Crippen LogP contribution in [0.3, 0.4) is 0 Å². The number of nitrogens with zero attached hydrogens (tertiary/aromatic N) is 3. The number of fused-ring (bicyclic) bond motifs is 3. The van der Waals surface area contributed by atoms with E-state index in [-0.39, 0.29) is 5.57 Å². The minimum atomic E-state index is -0.998. The molecular formula is C18H14ClN3O2. The van der Waals surface area contributed by atoms with E-state index in [4.69, 9.17) is 11.6 Å². The van der Waals surface area contributed by atoms with Crippen molar-refractivity contribution in [2.45, 2.75) is 11.9 Å². The summed E-state index contributed by atoms with van der Waals surface area (Å²) in [7, 11) is 1.80. The molecular weight excluding hydrogens is 326 g/mol. The van der Waals surface area contributed by atoms with Crippen LogP contribution in [-0.2, 0) is 11.2 Å². The van der Waals surface area contributed by atoms with Gasteiger partial charge in [0.1, 0.15) is 5.50 Å².